The molecule has 2 bridgehead atoms. The summed E-state index contributed by atoms with van der Waals surface area (Å²) < 4.78 is 12.8. The molecule has 6 atom stereocenters. The zero-order valence-electron chi connectivity index (χ0n) is 14.0. The summed E-state index contributed by atoms with van der Waals surface area (Å²) in [5, 5.41) is 0. The average Bonchev–Trinajstić information content (AvgIpc) is 2.80. The molecule has 114 valence electrons. The van der Waals surface area contributed by atoms with Gasteiger partial charge in [0.25, 0.3) is 0 Å². The minimum Gasteiger partial charge on any atom is -0.344 e. The van der Waals surface area contributed by atoms with E-state index in [1.54, 1.807) is 0 Å². The van der Waals surface area contributed by atoms with E-state index in [1.807, 2.05) is 0 Å². The fourth-order valence-electron chi connectivity index (χ4n) is 7.01. The lowest BCUT2D eigenvalue weighted by molar-refractivity contribution is -0.177. The van der Waals surface area contributed by atoms with Crippen LogP contribution in [0.3, 0.4) is 0 Å². The van der Waals surface area contributed by atoms with Crippen LogP contribution in [0.15, 0.2) is 0 Å². The van der Waals surface area contributed by atoms with Crippen LogP contribution in [-0.4, -0.2) is 17.5 Å². The Morgan fingerprint density at radius 2 is 1.60 bits per heavy atom. The molecular formula is C18H30O2. The molecule has 2 heteroatoms. The van der Waals surface area contributed by atoms with Gasteiger partial charge in [0.05, 0.1) is 11.7 Å². The number of hydrogen-bond acceptors (Lipinski definition) is 2. The van der Waals surface area contributed by atoms with Gasteiger partial charge in [0.2, 0.25) is 0 Å². The van der Waals surface area contributed by atoms with Gasteiger partial charge in [-0.05, 0) is 75.0 Å². The van der Waals surface area contributed by atoms with Gasteiger partial charge in [-0.15, -0.1) is 0 Å². The van der Waals surface area contributed by atoms with Gasteiger partial charge in [0.15, 0.2) is 5.79 Å². The van der Waals surface area contributed by atoms with Crippen LogP contribution in [0, 0.1) is 28.6 Å². The van der Waals surface area contributed by atoms with E-state index in [2.05, 4.69) is 41.5 Å². The second kappa shape index (κ2) is 3.46. The highest BCUT2D eigenvalue weighted by atomic mass is 16.8. The lowest BCUT2D eigenvalue weighted by atomic mass is 9.63. The quantitative estimate of drug-likeness (QED) is 0.654. The van der Waals surface area contributed by atoms with Crippen LogP contribution in [-0.2, 0) is 9.47 Å². The molecule has 3 saturated carbocycles. The van der Waals surface area contributed by atoms with E-state index in [1.165, 1.54) is 25.7 Å². The zero-order valence-corrected chi connectivity index (χ0v) is 14.0. The number of rotatable bonds is 0. The average molecular weight is 278 g/mol. The number of hydrogen-bond donors (Lipinski definition) is 0. The summed E-state index contributed by atoms with van der Waals surface area (Å²) in [6, 6.07) is 0. The first kappa shape index (κ1) is 13.6. The van der Waals surface area contributed by atoms with E-state index in [9.17, 15) is 0 Å². The Hall–Kier alpha value is -0.0800. The first-order chi connectivity index (χ1) is 9.12. The van der Waals surface area contributed by atoms with Crippen molar-refractivity contribution in [1.82, 2.24) is 0 Å². The second-order valence-electron chi connectivity index (χ2n) is 9.34. The molecule has 1 heterocycles. The molecule has 20 heavy (non-hydrogen) atoms. The number of ether oxygens (including phenoxy) is 2. The van der Waals surface area contributed by atoms with Gasteiger partial charge in [-0.25, -0.2) is 0 Å². The number of fused-ring (bicyclic) bond motifs is 3. The van der Waals surface area contributed by atoms with E-state index in [4.69, 9.17) is 9.47 Å². The monoisotopic (exact) mass is 278 g/mol. The fraction of sp³-hybridized carbons (Fsp3) is 1.00. The van der Waals surface area contributed by atoms with Gasteiger partial charge in [-0.3, -0.25) is 0 Å². The van der Waals surface area contributed by atoms with E-state index < -0.39 is 5.79 Å². The van der Waals surface area contributed by atoms with Crippen LogP contribution >= 0.6 is 0 Å². The molecule has 0 aromatic rings. The first-order valence-electron chi connectivity index (χ1n) is 8.50. The molecule has 4 aliphatic rings. The minimum atomic E-state index is -0.409. The molecule has 2 nitrogen and oxygen atoms in total. The molecular weight excluding hydrogens is 248 g/mol. The predicted molar refractivity (Wildman–Crippen MR) is 79.3 cm³/mol. The highest BCUT2D eigenvalue weighted by molar-refractivity contribution is 5.21. The molecule has 0 aromatic carbocycles. The van der Waals surface area contributed by atoms with Crippen LogP contribution in [0.2, 0.25) is 0 Å². The Labute approximate surface area is 123 Å². The van der Waals surface area contributed by atoms with Crippen molar-refractivity contribution in [3.8, 4) is 0 Å². The molecule has 1 aliphatic heterocycles. The Balaban J connectivity index is 1.82. The third-order valence-corrected chi connectivity index (χ3v) is 7.73. The maximum absolute atomic E-state index is 6.48. The van der Waals surface area contributed by atoms with Crippen molar-refractivity contribution in [3.05, 3.63) is 0 Å². The standard InChI is InChI=1S/C18H30O2/c1-11-7-8-12-15(2,3)13-9-18(11,12)10-14-17(13,6)20-16(4,5)19-14/h11-14H,7-10H2,1-6H3/t11-,12?,13?,14?,17?,18-/m1/s1. The van der Waals surface area contributed by atoms with E-state index in [0.717, 1.165) is 11.8 Å². The normalized spacial score (nSPS) is 58.5. The van der Waals surface area contributed by atoms with Crippen LogP contribution in [0.25, 0.3) is 0 Å². The van der Waals surface area contributed by atoms with Gasteiger partial charge in [0, 0.05) is 0 Å². The van der Waals surface area contributed by atoms with Crippen molar-refractivity contribution in [1.29, 1.82) is 0 Å². The van der Waals surface area contributed by atoms with Gasteiger partial charge in [0.1, 0.15) is 0 Å². The van der Waals surface area contributed by atoms with Gasteiger partial charge < -0.3 is 9.47 Å². The van der Waals surface area contributed by atoms with Crippen molar-refractivity contribution < 1.29 is 9.47 Å². The topological polar surface area (TPSA) is 18.5 Å². The third-order valence-electron chi connectivity index (χ3n) is 7.73. The molecule has 4 rings (SSSR count). The minimum absolute atomic E-state index is 0.0810. The molecule has 0 radical (unpaired) electrons. The summed E-state index contributed by atoms with van der Waals surface area (Å²) >= 11 is 0. The van der Waals surface area contributed by atoms with Gasteiger partial charge in [-0.1, -0.05) is 20.8 Å². The van der Waals surface area contributed by atoms with Crippen molar-refractivity contribution in [3.63, 3.8) is 0 Å². The molecule has 0 amide bonds. The maximum atomic E-state index is 6.48. The predicted octanol–water partition coefficient (Wildman–Crippen LogP) is 4.38. The van der Waals surface area contributed by atoms with E-state index in [0.29, 0.717) is 22.9 Å². The van der Waals surface area contributed by atoms with Gasteiger partial charge in [-0.2, -0.15) is 0 Å². The fourth-order valence-corrected chi connectivity index (χ4v) is 7.01. The highest BCUT2D eigenvalue weighted by Gasteiger charge is 2.73. The Morgan fingerprint density at radius 3 is 2.30 bits per heavy atom. The second-order valence-corrected chi connectivity index (χ2v) is 9.34. The van der Waals surface area contributed by atoms with E-state index >= 15 is 0 Å². The Morgan fingerprint density at radius 1 is 0.900 bits per heavy atom. The van der Waals surface area contributed by atoms with Crippen molar-refractivity contribution >= 4 is 0 Å². The van der Waals surface area contributed by atoms with Crippen LogP contribution < -0.4 is 0 Å². The molecule has 0 N–H and O–H groups in total. The van der Waals surface area contributed by atoms with Crippen molar-refractivity contribution in [2.24, 2.45) is 28.6 Å². The van der Waals surface area contributed by atoms with Crippen molar-refractivity contribution in [2.75, 3.05) is 0 Å². The lowest BCUT2D eigenvalue weighted by Gasteiger charge is -2.47. The molecule has 1 spiro atoms. The van der Waals surface area contributed by atoms with Gasteiger partial charge >= 0.3 is 0 Å². The lowest BCUT2D eigenvalue weighted by Crippen LogP contribution is -2.52. The molecule has 1 saturated heterocycles. The summed E-state index contributed by atoms with van der Waals surface area (Å²) in [5.41, 5.74) is 0.836. The molecule has 3 aliphatic carbocycles. The summed E-state index contributed by atoms with van der Waals surface area (Å²) in [5.74, 6) is 1.96. The summed E-state index contributed by atoms with van der Waals surface area (Å²) in [4.78, 5) is 0. The largest absolute Gasteiger partial charge is 0.344 e. The van der Waals surface area contributed by atoms with Crippen LogP contribution in [0.5, 0.6) is 0 Å². The highest BCUT2D eigenvalue weighted by Crippen LogP contribution is 2.75. The third kappa shape index (κ3) is 1.34. The summed E-state index contributed by atoms with van der Waals surface area (Å²) in [6.07, 6.45) is 5.70. The summed E-state index contributed by atoms with van der Waals surface area (Å²) in [6.45, 7) is 14.0. The van der Waals surface area contributed by atoms with Crippen LogP contribution in [0.1, 0.15) is 67.2 Å². The van der Waals surface area contributed by atoms with Crippen molar-refractivity contribution in [2.45, 2.75) is 84.7 Å². The molecule has 0 aromatic heterocycles. The molecule has 4 unspecified atom stereocenters. The SMILES string of the molecule is C[C@@H]1CCC2C(C)(C)C3C[C@]21CC1OC(C)(C)OC13C. The molecule has 4 fully saturated rings. The van der Waals surface area contributed by atoms with E-state index in [-0.39, 0.29) is 5.60 Å². The smallest absolute Gasteiger partial charge is 0.164 e. The maximum Gasteiger partial charge on any atom is 0.164 e. The zero-order chi connectivity index (χ0) is 14.6. The first-order valence-corrected chi connectivity index (χ1v) is 8.50. The Bertz CT molecular complexity index is 454. The summed E-state index contributed by atoms with van der Waals surface area (Å²) in [7, 11) is 0. The Kier molecular flexibility index (Phi) is 2.35. The van der Waals surface area contributed by atoms with Crippen LogP contribution in [0.4, 0.5) is 0 Å².